The molecule has 2 fully saturated rings. The van der Waals surface area contributed by atoms with Gasteiger partial charge < -0.3 is 32.1 Å². The molecule has 0 unspecified atom stereocenters. The molecule has 0 bridgehead atoms. The summed E-state index contributed by atoms with van der Waals surface area (Å²) in [6.07, 6.45) is 14.9. The van der Waals surface area contributed by atoms with Gasteiger partial charge in [0.15, 0.2) is 0 Å². The quantitative estimate of drug-likeness (QED) is 0.475. The maximum Gasteiger partial charge on any atom is 2.00 e. The zero-order valence-corrected chi connectivity index (χ0v) is 15.7. The second-order valence-electron chi connectivity index (χ2n) is 4.58. The molecule has 0 spiro atoms. The molecule has 0 amide bonds. The first-order valence-corrected chi connectivity index (χ1v) is 6.16. The molecule has 0 saturated heterocycles. The van der Waals surface area contributed by atoms with Crippen LogP contribution in [0.2, 0.25) is 0 Å². The third-order valence-corrected chi connectivity index (χ3v) is 2.72. The number of hydrogen-bond donors (Lipinski definition) is 0. The average molecular weight is 430 g/mol. The van der Waals surface area contributed by atoms with Crippen LogP contribution in [0, 0.1) is 24.7 Å². The van der Waals surface area contributed by atoms with Gasteiger partial charge in [0.05, 0.1) is 0 Å². The van der Waals surface area contributed by atoms with Crippen LogP contribution in [-0.4, -0.2) is 0 Å². The van der Waals surface area contributed by atoms with E-state index >= 15 is 0 Å². The molecule has 0 aromatic rings. The van der Waals surface area contributed by atoms with Crippen LogP contribution in [0.5, 0.6) is 0 Å². The third-order valence-electron chi connectivity index (χ3n) is 2.72. The fourth-order valence-corrected chi connectivity index (χ4v) is 1.42. The maximum absolute atomic E-state index is 2.41. The van der Waals surface area contributed by atoms with E-state index in [0.29, 0.717) is 5.41 Å². The van der Waals surface area contributed by atoms with Crippen LogP contribution in [-0.2, 0) is 39.6 Å². The van der Waals surface area contributed by atoms with E-state index in [2.05, 4.69) is 33.1 Å². The summed E-state index contributed by atoms with van der Waals surface area (Å²) in [5.41, 5.74) is 0.648. The topological polar surface area (TPSA) is 0 Å². The van der Waals surface area contributed by atoms with Gasteiger partial charge in [-0.05, 0) is 5.41 Å². The molecule has 95 valence electrons. The van der Waals surface area contributed by atoms with E-state index in [9.17, 15) is 0 Å². The van der Waals surface area contributed by atoms with Gasteiger partial charge in [0, 0.05) is 21.1 Å². The predicted octanol–water partition coefficient (Wildman–Crippen LogP) is 5.00. The van der Waals surface area contributed by atoms with E-state index in [1.165, 1.54) is 38.5 Å². The van der Waals surface area contributed by atoms with Crippen molar-refractivity contribution in [3.63, 3.8) is 0 Å². The third kappa shape index (κ3) is 13.3. The SMILES string of the molecule is CC.CC1(C)CC[CH-]CC1.[CH-]1C[CH-]C1.[V+2].[W]. The molecule has 2 heteroatoms. The van der Waals surface area contributed by atoms with E-state index in [-0.39, 0.29) is 39.6 Å². The van der Waals surface area contributed by atoms with Crippen LogP contribution < -0.4 is 0 Å². The Labute approximate surface area is 130 Å². The summed E-state index contributed by atoms with van der Waals surface area (Å²) in [6, 6.07) is 0. The van der Waals surface area contributed by atoms with Crippen LogP contribution in [0.4, 0.5) is 0 Å². The molecule has 2 aliphatic carbocycles. The second-order valence-corrected chi connectivity index (χ2v) is 4.58. The van der Waals surface area contributed by atoms with Crippen LogP contribution in [0.25, 0.3) is 0 Å². The molecule has 0 aromatic carbocycles. The Hall–Kier alpha value is 1.27. The Kier molecular flexibility index (Phi) is 20.1. The summed E-state index contributed by atoms with van der Waals surface area (Å²) in [5.74, 6) is 0. The maximum atomic E-state index is 2.41. The molecular formula is C14H27VW-. The van der Waals surface area contributed by atoms with Crippen molar-refractivity contribution in [1.82, 2.24) is 0 Å². The van der Waals surface area contributed by atoms with Crippen LogP contribution in [0.3, 0.4) is 0 Å². The average Bonchev–Trinajstić information content (AvgIpc) is 2.04. The number of rotatable bonds is 0. The van der Waals surface area contributed by atoms with Crippen molar-refractivity contribution in [3.8, 4) is 0 Å². The van der Waals surface area contributed by atoms with Crippen LogP contribution in [0.1, 0.15) is 66.2 Å². The van der Waals surface area contributed by atoms with Gasteiger partial charge in [-0.3, -0.25) is 0 Å². The number of hydrogen-bond acceptors (Lipinski definition) is 0. The van der Waals surface area contributed by atoms with Crippen molar-refractivity contribution in [2.75, 3.05) is 0 Å². The van der Waals surface area contributed by atoms with Gasteiger partial charge >= 0.3 is 18.6 Å². The molecule has 2 aliphatic rings. The summed E-state index contributed by atoms with van der Waals surface area (Å²) >= 11 is 0. The van der Waals surface area contributed by atoms with Crippen molar-refractivity contribution in [3.05, 3.63) is 19.3 Å². The minimum Gasteiger partial charge on any atom is -0.386 e. The summed E-state index contributed by atoms with van der Waals surface area (Å²) in [5, 5.41) is 0. The van der Waals surface area contributed by atoms with E-state index in [0.717, 1.165) is 0 Å². The van der Waals surface area contributed by atoms with Crippen molar-refractivity contribution < 1.29 is 39.6 Å². The molecule has 0 nitrogen and oxygen atoms in total. The molecule has 0 heterocycles. The van der Waals surface area contributed by atoms with Gasteiger partial charge in [-0.1, -0.05) is 40.5 Å². The largest absolute Gasteiger partial charge is 2.00 e. The first-order valence-electron chi connectivity index (χ1n) is 6.16. The molecule has 0 N–H and O–H groups in total. The second kappa shape index (κ2) is 14.3. The molecule has 1 radical (unpaired) electrons. The summed E-state index contributed by atoms with van der Waals surface area (Å²) in [4.78, 5) is 0. The van der Waals surface area contributed by atoms with Gasteiger partial charge in [-0.15, -0.1) is 0 Å². The zero-order valence-electron chi connectivity index (χ0n) is 11.3. The minimum absolute atomic E-state index is 0. The van der Waals surface area contributed by atoms with E-state index < -0.39 is 0 Å². The summed E-state index contributed by atoms with van der Waals surface area (Å²) < 4.78 is 0. The van der Waals surface area contributed by atoms with Crippen LogP contribution >= 0.6 is 0 Å². The zero-order chi connectivity index (χ0) is 10.9. The van der Waals surface area contributed by atoms with Gasteiger partial charge in [0.2, 0.25) is 0 Å². The molecular weight excluding hydrogens is 403 g/mol. The smallest absolute Gasteiger partial charge is 0.386 e. The van der Waals surface area contributed by atoms with Gasteiger partial charge in [-0.25, -0.2) is 0 Å². The van der Waals surface area contributed by atoms with Crippen molar-refractivity contribution in [2.24, 2.45) is 5.41 Å². The Morgan fingerprint density at radius 3 is 1.25 bits per heavy atom. The molecule has 2 rings (SSSR count). The summed E-state index contributed by atoms with van der Waals surface area (Å²) in [6.45, 7) is 8.72. The van der Waals surface area contributed by atoms with E-state index in [1.54, 1.807) is 0 Å². The fraction of sp³-hybridized carbons (Fsp3) is 0.786. The van der Waals surface area contributed by atoms with Crippen molar-refractivity contribution in [1.29, 1.82) is 0 Å². The molecule has 0 atom stereocenters. The van der Waals surface area contributed by atoms with Crippen molar-refractivity contribution in [2.45, 2.75) is 66.2 Å². The predicted molar refractivity (Wildman–Crippen MR) is 65.7 cm³/mol. The van der Waals surface area contributed by atoms with E-state index in [1.807, 2.05) is 13.8 Å². The minimum atomic E-state index is 0. The van der Waals surface area contributed by atoms with Gasteiger partial charge in [0.25, 0.3) is 0 Å². The normalized spacial score (nSPS) is 20.2. The fourth-order valence-electron chi connectivity index (χ4n) is 1.42. The molecule has 16 heavy (non-hydrogen) atoms. The Morgan fingerprint density at radius 2 is 1.12 bits per heavy atom. The van der Waals surface area contributed by atoms with Gasteiger partial charge in [0.1, 0.15) is 0 Å². The van der Waals surface area contributed by atoms with Crippen LogP contribution in [0.15, 0.2) is 0 Å². The van der Waals surface area contributed by atoms with Crippen molar-refractivity contribution >= 4 is 0 Å². The standard InChI is InChI=1S/C8H15.C4H6.C2H6.V.W/c1-8(2)6-4-3-5-7-8;1-2-4-3-1;1-2;;/h3H,4-7H2,1-2H3;1,4H,2-3H2;1-2H3;;/q-1;-2;;+2;. The first kappa shape index (κ1) is 22.5. The molecule has 0 aliphatic heterocycles. The summed E-state index contributed by atoms with van der Waals surface area (Å²) in [7, 11) is 0. The molecule has 2 saturated carbocycles. The van der Waals surface area contributed by atoms with E-state index in [4.69, 9.17) is 0 Å². The Bertz CT molecular complexity index is 108. The Morgan fingerprint density at radius 1 is 0.812 bits per heavy atom. The first-order chi connectivity index (χ1) is 6.71. The molecule has 0 aromatic heterocycles. The Balaban J connectivity index is -0.000000183. The monoisotopic (exact) mass is 430 g/mol. The van der Waals surface area contributed by atoms with Gasteiger partial charge in [-0.2, -0.15) is 12.8 Å².